The smallest absolute Gasteiger partial charge is 0.228 e. The second-order valence-corrected chi connectivity index (χ2v) is 5.88. The average molecular weight is 331 g/mol. The lowest BCUT2D eigenvalue weighted by Gasteiger charge is -2.06. The molecule has 0 bridgehead atoms. The lowest BCUT2D eigenvalue weighted by molar-refractivity contribution is -0.115. The van der Waals surface area contributed by atoms with E-state index in [-0.39, 0.29) is 5.91 Å². The minimum atomic E-state index is -0.0615. The molecule has 6 heteroatoms. The van der Waals surface area contributed by atoms with Gasteiger partial charge >= 0.3 is 0 Å². The first-order valence-electron chi connectivity index (χ1n) is 7.98. The summed E-state index contributed by atoms with van der Waals surface area (Å²) < 4.78 is 3.85. The molecule has 0 saturated carbocycles. The van der Waals surface area contributed by atoms with Crippen molar-refractivity contribution in [2.45, 2.75) is 6.42 Å². The van der Waals surface area contributed by atoms with Gasteiger partial charge in [0.05, 0.1) is 18.3 Å². The number of amides is 1. The van der Waals surface area contributed by atoms with Crippen molar-refractivity contribution < 1.29 is 4.79 Å². The van der Waals surface area contributed by atoms with Crippen molar-refractivity contribution in [2.24, 2.45) is 7.05 Å². The SMILES string of the molecule is Cn1cc(CC(=O)Nc2ccc(-n3ccnc3)nc2)c2ccccc21. The molecule has 0 fully saturated rings. The lowest BCUT2D eigenvalue weighted by atomic mass is 10.1. The fourth-order valence-electron chi connectivity index (χ4n) is 2.95. The molecular formula is C19H17N5O. The van der Waals surface area contributed by atoms with Crippen molar-refractivity contribution in [1.29, 1.82) is 0 Å². The normalized spacial score (nSPS) is 10.9. The molecule has 0 unspecified atom stereocenters. The lowest BCUT2D eigenvalue weighted by Crippen LogP contribution is -2.14. The van der Waals surface area contributed by atoms with Crippen LogP contribution in [0, 0.1) is 0 Å². The van der Waals surface area contributed by atoms with Crippen molar-refractivity contribution >= 4 is 22.5 Å². The Hall–Kier alpha value is -3.41. The van der Waals surface area contributed by atoms with E-state index >= 15 is 0 Å². The van der Waals surface area contributed by atoms with Gasteiger partial charge in [-0.15, -0.1) is 0 Å². The number of benzene rings is 1. The van der Waals surface area contributed by atoms with Gasteiger partial charge in [-0.25, -0.2) is 9.97 Å². The summed E-state index contributed by atoms with van der Waals surface area (Å²) in [5, 5.41) is 4.01. The van der Waals surface area contributed by atoms with E-state index in [1.165, 1.54) is 0 Å². The molecule has 0 atom stereocenters. The first-order chi connectivity index (χ1) is 12.2. The molecule has 6 nitrogen and oxygen atoms in total. The Morgan fingerprint density at radius 2 is 2.08 bits per heavy atom. The molecule has 0 aliphatic heterocycles. The van der Waals surface area contributed by atoms with Gasteiger partial charge in [-0.3, -0.25) is 9.36 Å². The molecule has 3 heterocycles. The van der Waals surface area contributed by atoms with Crippen LogP contribution in [0.1, 0.15) is 5.56 Å². The number of carbonyl (C=O) groups is 1. The monoisotopic (exact) mass is 331 g/mol. The van der Waals surface area contributed by atoms with E-state index in [0.717, 1.165) is 22.3 Å². The Bertz CT molecular complexity index is 1020. The van der Waals surface area contributed by atoms with Crippen LogP contribution in [0.15, 0.2) is 67.5 Å². The van der Waals surface area contributed by atoms with Crippen LogP contribution in [0.4, 0.5) is 5.69 Å². The molecule has 0 aliphatic rings. The number of aromatic nitrogens is 4. The molecule has 1 N–H and O–H groups in total. The van der Waals surface area contributed by atoms with Gasteiger partial charge in [0, 0.05) is 36.5 Å². The number of fused-ring (bicyclic) bond motifs is 1. The van der Waals surface area contributed by atoms with Gasteiger partial charge in [0.15, 0.2) is 0 Å². The summed E-state index contributed by atoms with van der Waals surface area (Å²) in [4.78, 5) is 20.7. The van der Waals surface area contributed by atoms with Crippen LogP contribution in [0.3, 0.4) is 0 Å². The van der Waals surface area contributed by atoms with Gasteiger partial charge in [0.1, 0.15) is 12.1 Å². The summed E-state index contributed by atoms with van der Waals surface area (Å²) in [5.41, 5.74) is 2.81. The first-order valence-corrected chi connectivity index (χ1v) is 7.98. The van der Waals surface area contributed by atoms with E-state index in [1.54, 1.807) is 18.7 Å². The Morgan fingerprint density at radius 3 is 2.84 bits per heavy atom. The highest BCUT2D eigenvalue weighted by Crippen LogP contribution is 2.21. The number of rotatable bonds is 4. The number of hydrogen-bond acceptors (Lipinski definition) is 3. The largest absolute Gasteiger partial charge is 0.350 e. The van der Waals surface area contributed by atoms with Crippen molar-refractivity contribution in [3.63, 3.8) is 0 Å². The van der Waals surface area contributed by atoms with Gasteiger partial charge in [-0.1, -0.05) is 18.2 Å². The number of para-hydroxylation sites is 1. The molecule has 0 spiro atoms. The molecule has 3 aromatic heterocycles. The molecule has 4 rings (SSSR count). The zero-order chi connectivity index (χ0) is 17.2. The third-order valence-electron chi connectivity index (χ3n) is 4.13. The third kappa shape index (κ3) is 3.01. The predicted molar refractivity (Wildman–Crippen MR) is 96.6 cm³/mol. The second-order valence-electron chi connectivity index (χ2n) is 5.88. The number of aryl methyl sites for hydroxylation is 1. The van der Waals surface area contributed by atoms with Crippen molar-refractivity contribution in [2.75, 3.05) is 5.32 Å². The number of anilines is 1. The van der Waals surface area contributed by atoms with Crippen LogP contribution in [-0.2, 0) is 18.3 Å². The Labute approximate surface area is 144 Å². The van der Waals surface area contributed by atoms with E-state index in [2.05, 4.69) is 21.4 Å². The van der Waals surface area contributed by atoms with E-state index in [4.69, 9.17) is 0 Å². The highest BCUT2D eigenvalue weighted by Gasteiger charge is 2.11. The summed E-state index contributed by atoms with van der Waals surface area (Å²) >= 11 is 0. The number of nitrogens with zero attached hydrogens (tertiary/aromatic N) is 4. The van der Waals surface area contributed by atoms with Crippen molar-refractivity contribution in [3.05, 3.63) is 73.1 Å². The molecule has 4 aromatic rings. The standard InChI is InChI=1S/C19H17N5O/c1-23-12-14(16-4-2-3-5-17(16)23)10-19(25)22-15-6-7-18(21-11-15)24-9-8-20-13-24/h2-9,11-13H,10H2,1H3,(H,22,25). The highest BCUT2D eigenvalue weighted by atomic mass is 16.1. The van der Waals surface area contributed by atoms with Gasteiger partial charge in [0.2, 0.25) is 5.91 Å². The van der Waals surface area contributed by atoms with Crippen LogP contribution in [-0.4, -0.2) is 25.0 Å². The highest BCUT2D eigenvalue weighted by molar-refractivity contribution is 5.95. The maximum Gasteiger partial charge on any atom is 0.228 e. The summed E-state index contributed by atoms with van der Waals surface area (Å²) in [6.45, 7) is 0. The molecule has 1 amide bonds. The summed E-state index contributed by atoms with van der Waals surface area (Å²) in [7, 11) is 1.99. The summed E-state index contributed by atoms with van der Waals surface area (Å²) in [6, 6.07) is 11.8. The van der Waals surface area contributed by atoms with E-state index in [9.17, 15) is 4.79 Å². The molecule has 0 saturated heterocycles. The average Bonchev–Trinajstić information content (AvgIpc) is 3.25. The van der Waals surface area contributed by atoms with Gasteiger partial charge in [0.25, 0.3) is 0 Å². The van der Waals surface area contributed by atoms with Gasteiger partial charge in [-0.2, -0.15) is 0 Å². The topological polar surface area (TPSA) is 64.7 Å². The molecule has 1 aromatic carbocycles. The number of hydrogen-bond donors (Lipinski definition) is 1. The zero-order valence-electron chi connectivity index (χ0n) is 13.8. The van der Waals surface area contributed by atoms with Crippen LogP contribution in [0.5, 0.6) is 0 Å². The Balaban J connectivity index is 1.48. The zero-order valence-corrected chi connectivity index (χ0v) is 13.8. The fraction of sp³-hybridized carbons (Fsp3) is 0.105. The Morgan fingerprint density at radius 1 is 1.20 bits per heavy atom. The van der Waals surface area contributed by atoms with E-state index in [1.807, 2.05) is 58.9 Å². The number of nitrogens with one attached hydrogen (secondary N) is 1. The van der Waals surface area contributed by atoms with E-state index < -0.39 is 0 Å². The van der Waals surface area contributed by atoms with Crippen LogP contribution in [0.2, 0.25) is 0 Å². The first kappa shape index (κ1) is 15.1. The number of imidazole rings is 1. The summed E-state index contributed by atoms with van der Waals surface area (Å²) in [5.74, 6) is 0.693. The van der Waals surface area contributed by atoms with E-state index in [0.29, 0.717) is 12.1 Å². The van der Waals surface area contributed by atoms with Crippen LogP contribution < -0.4 is 5.32 Å². The molecule has 0 aliphatic carbocycles. The quantitative estimate of drug-likeness (QED) is 0.625. The van der Waals surface area contributed by atoms with Gasteiger partial charge in [-0.05, 0) is 23.8 Å². The molecular weight excluding hydrogens is 314 g/mol. The predicted octanol–water partition coefficient (Wildman–Crippen LogP) is 2.94. The third-order valence-corrected chi connectivity index (χ3v) is 4.13. The maximum atomic E-state index is 12.4. The minimum Gasteiger partial charge on any atom is -0.350 e. The minimum absolute atomic E-state index is 0.0615. The fourth-order valence-corrected chi connectivity index (χ4v) is 2.95. The molecule has 124 valence electrons. The van der Waals surface area contributed by atoms with Crippen LogP contribution in [0.25, 0.3) is 16.7 Å². The van der Waals surface area contributed by atoms with Crippen molar-refractivity contribution in [3.8, 4) is 5.82 Å². The number of carbonyl (C=O) groups excluding carboxylic acids is 1. The second kappa shape index (κ2) is 6.24. The van der Waals surface area contributed by atoms with Gasteiger partial charge < -0.3 is 9.88 Å². The molecule has 25 heavy (non-hydrogen) atoms. The van der Waals surface area contributed by atoms with Crippen molar-refractivity contribution in [1.82, 2.24) is 19.1 Å². The number of pyridine rings is 1. The van der Waals surface area contributed by atoms with Crippen LogP contribution >= 0.6 is 0 Å². The summed E-state index contributed by atoms with van der Waals surface area (Å²) in [6.07, 6.45) is 9.18. The molecule has 0 radical (unpaired) electrons. The maximum absolute atomic E-state index is 12.4. The Kier molecular flexibility index (Phi) is 3.78.